The number of likely N-dealkylation sites (tertiary alicyclic amines) is 1. The summed E-state index contributed by atoms with van der Waals surface area (Å²) in [5.74, 6) is -0.0630. The molecule has 5 heteroatoms. The van der Waals surface area contributed by atoms with Gasteiger partial charge in [-0.1, -0.05) is 18.2 Å². The van der Waals surface area contributed by atoms with Gasteiger partial charge >= 0.3 is 5.97 Å². The maximum atomic E-state index is 12.0. The normalized spacial score (nSPS) is 24.6. The van der Waals surface area contributed by atoms with E-state index in [1.807, 2.05) is 23.1 Å². The van der Waals surface area contributed by atoms with E-state index in [1.54, 1.807) is 6.07 Å². The van der Waals surface area contributed by atoms with Gasteiger partial charge in [0.25, 0.3) is 5.91 Å². The van der Waals surface area contributed by atoms with Crippen molar-refractivity contribution in [2.75, 3.05) is 26.8 Å². The number of nitrogens with zero attached hydrogens (tertiary/aromatic N) is 1. The monoisotopic (exact) mass is 275 g/mol. The maximum Gasteiger partial charge on any atom is 0.338 e. The van der Waals surface area contributed by atoms with Crippen LogP contribution in [0.2, 0.25) is 0 Å². The zero-order chi connectivity index (χ0) is 14.1. The van der Waals surface area contributed by atoms with Gasteiger partial charge in [-0.25, -0.2) is 4.79 Å². The fourth-order valence-electron chi connectivity index (χ4n) is 2.76. The first-order valence-electron chi connectivity index (χ1n) is 6.78. The van der Waals surface area contributed by atoms with Crippen LogP contribution in [-0.2, 0) is 14.3 Å². The third kappa shape index (κ3) is 2.41. The van der Waals surface area contributed by atoms with E-state index in [0.717, 1.165) is 18.5 Å². The van der Waals surface area contributed by atoms with Crippen LogP contribution in [0.15, 0.2) is 24.3 Å². The minimum Gasteiger partial charge on any atom is -0.465 e. The fraction of sp³-hybridized carbons (Fsp3) is 0.467. The molecule has 2 heterocycles. The van der Waals surface area contributed by atoms with E-state index in [-0.39, 0.29) is 23.9 Å². The zero-order valence-electron chi connectivity index (χ0n) is 11.4. The van der Waals surface area contributed by atoms with Crippen molar-refractivity contribution in [2.24, 2.45) is 0 Å². The molecule has 0 saturated carbocycles. The molecule has 2 aliphatic heterocycles. The lowest BCUT2D eigenvalue weighted by atomic mass is 9.93. The number of hydrogen-bond acceptors (Lipinski definition) is 4. The van der Waals surface area contributed by atoms with Crippen LogP contribution in [0, 0.1) is 0 Å². The van der Waals surface area contributed by atoms with Crippen LogP contribution in [0.1, 0.15) is 28.3 Å². The number of ether oxygens (including phenoxy) is 2. The summed E-state index contributed by atoms with van der Waals surface area (Å²) >= 11 is 0. The van der Waals surface area contributed by atoms with E-state index in [9.17, 15) is 9.59 Å². The second kappa shape index (κ2) is 5.25. The summed E-state index contributed by atoms with van der Waals surface area (Å²) in [5, 5.41) is 0. The van der Waals surface area contributed by atoms with Gasteiger partial charge in [-0.2, -0.15) is 0 Å². The molecule has 2 aliphatic rings. The predicted octanol–water partition coefficient (Wildman–Crippen LogP) is 1.19. The Bertz CT molecular complexity index is 538. The number of epoxide rings is 1. The van der Waals surface area contributed by atoms with E-state index in [4.69, 9.17) is 9.47 Å². The predicted molar refractivity (Wildman–Crippen MR) is 71.5 cm³/mol. The van der Waals surface area contributed by atoms with Crippen molar-refractivity contribution in [3.8, 4) is 0 Å². The highest BCUT2D eigenvalue weighted by atomic mass is 16.6. The molecule has 0 bridgehead atoms. The summed E-state index contributed by atoms with van der Waals surface area (Å²) in [6, 6.07) is 7.45. The van der Waals surface area contributed by atoms with E-state index < -0.39 is 0 Å². The first-order valence-corrected chi connectivity index (χ1v) is 6.78. The van der Waals surface area contributed by atoms with Gasteiger partial charge < -0.3 is 14.4 Å². The summed E-state index contributed by atoms with van der Waals surface area (Å²) < 4.78 is 9.86. The van der Waals surface area contributed by atoms with E-state index in [0.29, 0.717) is 18.7 Å². The lowest BCUT2D eigenvalue weighted by Gasteiger charge is -2.17. The van der Waals surface area contributed by atoms with Gasteiger partial charge in [0.15, 0.2) is 6.10 Å². The summed E-state index contributed by atoms with van der Waals surface area (Å²) in [5.41, 5.74) is 1.56. The molecule has 2 saturated heterocycles. The van der Waals surface area contributed by atoms with Crippen LogP contribution in [0.25, 0.3) is 0 Å². The summed E-state index contributed by atoms with van der Waals surface area (Å²) in [7, 11) is 1.38. The number of benzene rings is 1. The average Bonchev–Trinajstić information content (AvgIpc) is 3.22. The van der Waals surface area contributed by atoms with Crippen LogP contribution in [0.3, 0.4) is 0 Å². The number of esters is 1. The average molecular weight is 275 g/mol. The van der Waals surface area contributed by atoms with Gasteiger partial charge in [0.2, 0.25) is 0 Å². The van der Waals surface area contributed by atoms with Crippen molar-refractivity contribution >= 4 is 11.9 Å². The Morgan fingerprint density at radius 1 is 1.35 bits per heavy atom. The van der Waals surface area contributed by atoms with Gasteiger partial charge in [-0.05, 0) is 18.1 Å². The summed E-state index contributed by atoms with van der Waals surface area (Å²) in [4.78, 5) is 25.6. The van der Waals surface area contributed by atoms with Crippen LogP contribution in [0.5, 0.6) is 0 Å². The van der Waals surface area contributed by atoms with E-state index in [2.05, 4.69) is 0 Å². The maximum absolute atomic E-state index is 12.0. The first-order chi connectivity index (χ1) is 9.70. The summed E-state index contributed by atoms with van der Waals surface area (Å²) in [6.07, 6.45) is 0.636. The Labute approximate surface area is 117 Å². The molecule has 106 valence electrons. The molecule has 3 rings (SSSR count). The van der Waals surface area contributed by atoms with Gasteiger partial charge in [0.05, 0.1) is 19.3 Å². The standard InChI is InChI=1S/C15H17NO4/c1-19-15(18)12-5-3-2-4-11(12)10-6-7-16(8-10)14(17)13-9-20-13/h2-5,10,13H,6-9H2,1H3. The van der Waals surface area contributed by atoms with Gasteiger partial charge in [0.1, 0.15) is 0 Å². The molecule has 0 radical (unpaired) electrons. The minimum absolute atomic E-state index is 0.0723. The molecule has 1 amide bonds. The number of rotatable bonds is 3. The molecule has 1 aromatic rings. The molecule has 0 N–H and O–H groups in total. The van der Waals surface area contributed by atoms with E-state index >= 15 is 0 Å². The lowest BCUT2D eigenvalue weighted by molar-refractivity contribution is -0.131. The Hall–Kier alpha value is -1.88. The van der Waals surface area contributed by atoms with Gasteiger partial charge in [0, 0.05) is 19.0 Å². The molecule has 2 unspecified atom stereocenters. The molecular formula is C15H17NO4. The molecule has 1 aromatic carbocycles. The molecule has 2 fully saturated rings. The highest BCUT2D eigenvalue weighted by Crippen LogP contribution is 2.31. The number of carbonyl (C=O) groups is 2. The van der Waals surface area contributed by atoms with Crippen LogP contribution in [0.4, 0.5) is 0 Å². The number of methoxy groups -OCH3 is 1. The van der Waals surface area contributed by atoms with Crippen molar-refractivity contribution in [2.45, 2.75) is 18.4 Å². The zero-order valence-corrected chi connectivity index (χ0v) is 11.4. The Kier molecular flexibility index (Phi) is 3.44. The number of hydrogen-bond donors (Lipinski definition) is 0. The summed E-state index contributed by atoms with van der Waals surface area (Å²) in [6.45, 7) is 1.91. The van der Waals surface area contributed by atoms with Crippen LogP contribution < -0.4 is 0 Å². The first kappa shape index (κ1) is 13.1. The van der Waals surface area contributed by atoms with Crippen LogP contribution in [-0.4, -0.2) is 49.7 Å². The van der Waals surface area contributed by atoms with Crippen molar-refractivity contribution in [1.82, 2.24) is 4.90 Å². The highest BCUT2D eigenvalue weighted by Gasteiger charge is 2.38. The Morgan fingerprint density at radius 2 is 2.10 bits per heavy atom. The molecule has 20 heavy (non-hydrogen) atoms. The molecule has 5 nitrogen and oxygen atoms in total. The molecule has 0 aliphatic carbocycles. The SMILES string of the molecule is COC(=O)c1ccccc1C1CCN(C(=O)C2CO2)C1. The van der Waals surface area contributed by atoms with Gasteiger partial charge in [-0.3, -0.25) is 4.79 Å². The number of carbonyl (C=O) groups excluding carboxylic acids is 2. The second-order valence-corrected chi connectivity index (χ2v) is 5.17. The minimum atomic E-state index is -0.323. The fourth-order valence-corrected chi connectivity index (χ4v) is 2.76. The molecule has 0 spiro atoms. The van der Waals surface area contributed by atoms with E-state index in [1.165, 1.54) is 7.11 Å². The topological polar surface area (TPSA) is 59.1 Å². The molecular weight excluding hydrogens is 258 g/mol. The molecule has 2 atom stereocenters. The largest absolute Gasteiger partial charge is 0.465 e. The second-order valence-electron chi connectivity index (χ2n) is 5.17. The molecule has 0 aromatic heterocycles. The van der Waals surface area contributed by atoms with Gasteiger partial charge in [-0.15, -0.1) is 0 Å². The Morgan fingerprint density at radius 3 is 2.80 bits per heavy atom. The third-order valence-corrected chi connectivity index (χ3v) is 3.91. The van der Waals surface area contributed by atoms with Crippen molar-refractivity contribution in [3.05, 3.63) is 35.4 Å². The third-order valence-electron chi connectivity index (χ3n) is 3.91. The lowest BCUT2D eigenvalue weighted by Crippen LogP contribution is -2.32. The quantitative estimate of drug-likeness (QED) is 0.614. The van der Waals surface area contributed by atoms with Crippen molar-refractivity contribution in [1.29, 1.82) is 0 Å². The van der Waals surface area contributed by atoms with Crippen LogP contribution >= 0.6 is 0 Å². The Balaban J connectivity index is 1.77. The number of amides is 1. The smallest absolute Gasteiger partial charge is 0.338 e. The highest BCUT2D eigenvalue weighted by molar-refractivity contribution is 5.91. The van der Waals surface area contributed by atoms with Crippen molar-refractivity contribution in [3.63, 3.8) is 0 Å². The van der Waals surface area contributed by atoms with Crippen molar-refractivity contribution < 1.29 is 19.1 Å².